The van der Waals surface area contributed by atoms with Crippen LogP contribution >= 0.6 is 0 Å². The van der Waals surface area contributed by atoms with Gasteiger partial charge in [-0.15, -0.1) is 0 Å². The van der Waals surface area contributed by atoms with Crippen molar-refractivity contribution in [3.8, 4) is 11.1 Å². The van der Waals surface area contributed by atoms with Gasteiger partial charge in [0.2, 0.25) is 5.91 Å². The van der Waals surface area contributed by atoms with E-state index in [-0.39, 0.29) is 24.5 Å². The summed E-state index contributed by atoms with van der Waals surface area (Å²) >= 11 is 0. The molecule has 166 valence electrons. The maximum Gasteiger partial charge on any atom is 0.407 e. The van der Waals surface area contributed by atoms with E-state index in [4.69, 9.17) is 9.84 Å². The van der Waals surface area contributed by atoms with E-state index in [0.717, 1.165) is 22.3 Å². The number of benzene rings is 2. The predicted molar refractivity (Wildman–Crippen MR) is 119 cm³/mol. The molecule has 2 aliphatic carbocycles. The van der Waals surface area contributed by atoms with Gasteiger partial charge in [0.05, 0.1) is 5.92 Å². The summed E-state index contributed by atoms with van der Waals surface area (Å²) in [5.41, 5.74) is 4.52. The molecule has 4 rings (SSSR count). The molecule has 0 fully saturated rings. The van der Waals surface area contributed by atoms with Crippen LogP contribution in [0.4, 0.5) is 4.79 Å². The molecule has 7 nitrogen and oxygen atoms in total. The standard InChI is InChI=1S/C25H26N2O5/c1-15(23(28)27-17-8-6-7-16(13-17)24(29)30)26-25(31)32-14-22-20-11-4-2-9-18(20)19-10-3-5-12-21(19)22/h2-6,8-12,15-17,22H,7,13-14H2,1H3,(H,26,31)(H,27,28)(H,29,30)/t15-,16+,17+/m1/s1. The van der Waals surface area contributed by atoms with Crippen LogP contribution < -0.4 is 10.6 Å². The average molecular weight is 434 g/mol. The van der Waals surface area contributed by atoms with Gasteiger partial charge in [0.1, 0.15) is 12.6 Å². The molecule has 3 N–H and O–H groups in total. The number of fused-ring (bicyclic) bond motifs is 3. The molecule has 0 unspecified atom stereocenters. The average Bonchev–Trinajstić information content (AvgIpc) is 3.11. The number of aliphatic carboxylic acids is 1. The third-order valence-electron chi connectivity index (χ3n) is 6.08. The van der Waals surface area contributed by atoms with Crippen molar-refractivity contribution in [2.24, 2.45) is 5.92 Å². The van der Waals surface area contributed by atoms with Crippen LogP contribution in [0.15, 0.2) is 60.7 Å². The number of alkyl carbamates (subject to hydrolysis) is 1. The molecule has 0 aromatic heterocycles. The predicted octanol–water partition coefficient (Wildman–Crippen LogP) is 3.45. The SMILES string of the molecule is C[C@@H](NC(=O)OCC1c2ccccc2-c2ccccc21)C(=O)N[C@H]1C=CC[C@H](C(=O)O)C1. The van der Waals surface area contributed by atoms with E-state index in [2.05, 4.69) is 22.8 Å². The van der Waals surface area contributed by atoms with Crippen molar-refractivity contribution in [1.29, 1.82) is 0 Å². The van der Waals surface area contributed by atoms with Crippen LogP contribution in [-0.2, 0) is 14.3 Å². The summed E-state index contributed by atoms with van der Waals surface area (Å²) in [7, 11) is 0. The van der Waals surface area contributed by atoms with Crippen molar-refractivity contribution in [1.82, 2.24) is 10.6 Å². The summed E-state index contributed by atoms with van der Waals surface area (Å²) in [5, 5.41) is 14.5. The lowest BCUT2D eigenvalue weighted by molar-refractivity contribution is -0.142. The highest BCUT2D eigenvalue weighted by Crippen LogP contribution is 2.44. The second kappa shape index (κ2) is 9.26. The third kappa shape index (κ3) is 4.51. The highest BCUT2D eigenvalue weighted by molar-refractivity contribution is 5.86. The molecule has 32 heavy (non-hydrogen) atoms. The molecule has 2 aromatic carbocycles. The monoisotopic (exact) mass is 434 g/mol. The topological polar surface area (TPSA) is 105 Å². The van der Waals surface area contributed by atoms with E-state index in [1.807, 2.05) is 36.4 Å². The van der Waals surface area contributed by atoms with E-state index in [1.165, 1.54) is 0 Å². The van der Waals surface area contributed by atoms with Crippen LogP contribution in [0, 0.1) is 5.92 Å². The second-order valence-electron chi connectivity index (χ2n) is 8.24. The van der Waals surface area contributed by atoms with Crippen molar-refractivity contribution >= 4 is 18.0 Å². The summed E-state index contributed by atoms with van der Waals surface area (Å²) in [6.45, 7) is 1.73. The Balaban J connectivity index is 1.31. The smallest absolute Gasteiger partial charge is 0.407 e. The third-order valence-corrected chi connectivity index (χ3v) is 6.08. The minimum Gasteiger partial charge on any atom is -0.481 e. The molecule has 0 aliphatic heterocycles. The Hall–Kier alpha value is -3.61. The molecule has 0 heterocycles. The molecule has 2 aromatic rings. The highest BCUT2D eigenvalue weighted by Gasteiger charge is 2.30. The van der Waals surface area contributed by atoms with Gasteiger partial charge in [-0.1, -0.05) is 60.7 Å². The molecule has 0 saturated heterocycles. The van der Waals surface area contributed by atoms with Crippen molar-refractivity contribution < 1.29 is 24.2 Å². The van der Waals surface area contributed by atoms with Crippen LogP contribution in [0.3, 0.4) is 0 Å². The lowest BCUT2D eigenvalue weighted by Crippen LogP contribution is -2.48. The summed E-state index contributed by atoms with van der Waals surface area (Å²) in [6.07, 6.45) is 3.66. The Morgan fingerprint density at radius 2 is 1.69 bits per heavy atom. The van der Waals surface area contributed by atoms with Gasteiger partial charge < -0.3 is 20.5 Å². The van der Waals surface area contributed by atoms with Gasteiger partial charge in [-0.05, 0) is 42.0 Å². The number of carbonyl (C=O) groups excluding carboxylic acids is 2. The fourth-order valence-electron chi connectivity index (χ4n) is 4.39. The number of hydrogen-bond acceptors (Lipinski definition) is 4. The molecular weight excluding hydrogens is 408 g/mol. The first-order valence-corrected chi connectivity index (χ1v) is 10.8. The largest absolute Gasteiger partial charge is 0.481 e. The van der Waals surface area contributed by atoms with Gasteiger partial charge >= 0.3 is 12.1 Å². The summed E-state index contributed by atoms with van der Waals surface area (Å²) in [4.78, 5) is 36.0. The molecule has 2 aliphatic rings. The first-order chi connectivity index (χ1) is 15.4. The van der Waals surface area contributed by atoms with Gasteiger partial charge in [0.15, 0.2) is 0 Å². The number of rotatable bonds is 6. The van der Waals surface area contributed by atoms with Gasteiger partial charge in [-0.2, -0.15) is 0 Å². The molecule has 0 spiro atoms. The second-order valence-corrected chi connectivity index (χ2v) is 8.24. The van der Waals surface area contributed by atoms with Gasteiger partial charge in [0.25, 0.3) is 0 Å². The first-order valence-electron chi connectivity index (χ1n) is 10.8. The summed E-state index contributed by atoms with van der Waals surface area (Å²) < 4.78 is 5.48. The lowest BCUT2D eigenvalue weighted by atomic mass is 9.91. The Morgan fingerprint density at radius 3 is 2.31 bits per heavy atom. The normalized spacial score (nSPS) is 20.0. The number of amides is 2. The van der Waals surface area contributed by atoms with Gasteiger partial charge in [-0.25, -0.2) is 4.79 Å². The van der Waals surface area contributed by atoms with Crippen LogP contribution in [-0.4, -0.2) is 41.8 Å². The zero-order valence-corrected chi connectivity index (χ0v) is 17.8. The number of carboxylic acids is 1. The minimum atomic E-state index is -0.876. The number of hydrogen-bond donors (Lipinski definition) is 3. The Labute approximate surface area is 186 Å². The van der Waals surface area contributed by atoms with E-state index in [0.29, 0.717) is 12.8 Å². The quantitative estimate of drug-likeness (QED) is 0.604. The number of allylic oxidation sites excluding steroid dienone is 1. The zero-order chi connectivity index (χ0) is 22.7. The lowest BCUT2D eigenvalue weighted by Gasteiger charge is -2.24. The van der Waals surface area contributed by atoms with Crippen molar-refractivity contribution in [2.75, 3.05) is 6.61 Å². The summed E-state index contributed by atoms with van der Waals surface area (Å²) in [5.74, 6) is -1.84. The fraction of sp³-hybridized carbons (Fsp3) is 0.320. The first kappa shape index (κ1) is 21.6. The van der Waals surface area contributed by atoms with Crippen LogP contribution in [0.25, 0.3) is 11.1 Å². The van der Waals surface area contributed by atoms with Crippen LogP contribution in [0.5, 0.6) is 0 Å². The molecular formula is C25H26N2O5. The van der Waals surface area contributed by atoms with Gasteiger partial charge in [-0.3, -0.25) is 9.59 Å². The van der Waals surface area contributed by atoms with E-state index in [9.17, 15) is 14.4 Å². The van der Waals surface area contributed by atoms with E-state index in [1.54, 1.807) is 19.1 Å². The molecule has 2 amide bonds. The summed E-state index contributed by atoms with van der Waals surface area (Å²) in [6, 6.07) is 15.0. The van der Waals surface area contributed by atoms with Gasteiger partial charge in [0, 0.05) is 12.0 Å². The van der Waals surface area contributed by atoms with E-state index >= 15 is 0 Å². The Kier molecular flexibility index (Phi) is 6.25. The molecule has 0 bridgehead atoms. The number of nitrogens with one attached hydrogen (secondary N) is 2. The van der Waals surface area contributed by atoms with Crippen molar-refractivity contribution in [3.63, 3.8) is 0 Å². The molecule has 3 atom stereocenters. The Morgan fingerprint density at radius 1 is 1.06 bits per heavy atom. The van der Waals surface area contributed by atoms with Crippen LogP contribution in [0.1, 0.15) is 36.8 Å². The maximum absolute atomic E-state index is 12.4. The molecule has 7 heteroatoms. The number of ether oxygens (including phenoxy) is 1. The van der Waals surface area contributed by atoms with Crippen molar-refractivity contribution in [2.45, 2.75) is 37.8 Å². The minimum absolute atomic E-state index is 0.0578. The fourth-order valence-corrected chi connectivity index (χ4v) is 4.39. The van der Waals surface area contributed by atoms with Crippen molar-refractivity contribution in [3.05, 3.63) is 71.8 Å². The Bertz CT molecular complexity index is 1020. The van der Waals surface area contributed by atoms with E-state index < -0.39 is 24.0 Å². The maximum atomic E-state index is 12.4. The van der Waals surface area contributed by atoms with Crippen LogP contribution in [0.2, 0.25) is 0 Å². The number of carbonyl (C=O) groups is 3. The zero-order valence-electron chi connectivity index (χ0n) is 17.8. The highest BCUT2D eigenvalue weighted by atomic mass is 16.5. The molecule has 0 saturated carbocycles. The number of carboxylic acid groups (broad SMARTS) is 1. The molecule has 0 radical (unpaired) electrons.